The number of carbonyl (C=O) groups excluding carboxylic acids is 2. The van der Waals surface area contributed by atoms with Crippen LogP contribution in [0.1, 0.15) is 23.2 Å². The second kappa shape index (κ2) is 8.23. The molecule has 4 heteroatoms. The highest BCUT2D eigenvalue weighted by Gasteiger charge is 2.28. The molecule has 0 radical (unpaired) electrons. The smallest absolute Gasteiger partial charge is 0.253 e. The molecule has 4 aromatic carbocycles. The molecule has 5 rings (SSSR count). The van der Waals surface area contributed by atoms with E-state index in [1.807, 2.05) is 89.8 Å². The normalized spacial score (nSPS) is 14.6. The molecular formula is C27H24N2O2. The summed E-state index contributed by atoms with van der Waals surface area (Å²) in [5.74, 6) is -0.00700. The van der Waals surface area contributed by atoms with Gasteiger partial charge in [0.2, 0.25) is 5.91 Å². The first kappa shape index (κ1) is 19.3. The Morgan fingerprint density at radius 2 is 1.42 bits per heavy atom. The summed E-state index contributed by atoms with van der Waals surface area (Å²) in [6, 6.07) is 27.9. The van der Waals surface area contributed by atoms with E-state index in [2.05, 4.69) is 5.32 Å². The fourth-order valence-electron chi connectivity index (χ4n) is 4.42. The summed E-state index contributed by atoms with van der Waals surface area (Å²) in [4.78, 5) is 27.7. The standard InChI is InChI=1S/C27H24N2O2/c30-26(28-25-11-5-9-20-7-3-4-10-24(20)25)21-14-16-29(17-15-21)27(31)23-13-12-19-6-1-2-8-22(19)18-23/h1-13,18,21H,14-17H2,(H,28,30). The lowest BCUT2D eigenvalue weighted by Crippen LogP contribution is -2.41. The highest BCUT2D eigenvalue weighted by molar-refractivity contribution is 6.03. The highest BCUT2D eigenvalue weighted by atomic mass is 16.2. The number of hydrogen-bond donors (Lipinski definition) is 1. The number of benzene rings is 4. The number of fused-ring (bicyclic) bond motifs is 2. The van der Waals surface area contributed by atoms with Crippen LogP contribution in [0.2, 0.25) is 0 Å². The molecule has 0 aliphatic carbocycles. The van der Waals surface area contributed by atoms with E-state index < -0.39 is 0 Å². The van der Waals surface area contributed by atoms with Crippen LogP contribution in [0.15, 0.2) is 84.9 Å². The fraction of sp³-hybridized carbons (Fsp3) is 0.185. The predicted molar refractivity (Wildman–Crippen MR) is 125 cm³/mol. The molecule has 1 saturated heterocycles. The third-order valence-electron chi connectivity index (χ3n) is 6.20. The number of rotatable bonds is 3. The van der Waals surface area contributed by atoms with Gasteiger partial charge in [-0.25, -0.2) is 0 Å². The van der Waals surface area contributed by atoms with Crippen LogP contribution in [-0.4, -0.2) is 29.8 Å². The van der Waals surface area contributed by atoms with Crippen LogP contribution in [0.4, 0.5) is 5.69 Å². The Labute approximate surface area is 181 Å². The Morgan fingerprint density at radius 1 is 0.742 bits per heavy atom. The Bertz CT molecular complexity index is 1270. The third-order valence-corrected chi connectivity index (χ3v) is 6.20. The number of nitrogens with zero attached hydrogens (tertiary/aromatic N) is 1. The average Bonchev–Trinajstić information content (AvgIpc) is 2.83. The van der Waals surface area contributed by atoms with Crippen molar-refractivity contribution in [2.45, 2.75) is 12.8 Å². The monoisotopic (exact) mass is 408 g/mol. The number of hydrogen-bond acceptors (Lipinski definition) is 2. The van der Waals surface area contributed by atoms with E-state index in [4.69, 9.17) is 0 Å². The zero-order chi connectivity index (χ0) is 21.2. The van der Waals surface area contributed by atoms with Crippen molar-refractivity contribution in [3.05, 3.63) is 90.5 Å². The molecule has 0 spiro atoms. The molecule has 0 aromatic heterocycles. The molecule has 154 valence electrons. The minimum atomic E-state index is -0.0837. The Kier molecular flexibility index (Phi) is 5.13. The maximum Gasteiger partial charge on any atom is 0.253 e. The number of piperidine rings is 1. The Hall–Kier alpha value is -3.66. The summed E-state index contributed by atoms with van der Waals surface area (Å²) < 4.78 is 0. The fourth-order valence-corrected chi connectivity index (χ4v) is 4.42. The van der Waals surface area contributed by atoms with Gasteiger partial charge in [0.15, 0.2) is 0 Å². The maximum atomic E-state index is 13.0. The summed E-state index contributed by atoms with van der Waals surface area (Å²) in [6.07, 6.45) is 1.35. The van der Waals surface area contributed by atoms with Crippen molar-refractivity contribution in [2.24, 2.45) is 5.92 Å². The summed E-state index contributed by atoms with van der Waals surface area (Å²) >= 11 is 0. The van der Waals surface area contributed by atoms with Gasteiger partial charge in [0, 0.05) is 35.6 Å². The van der Waals surface area contributed by atoms with Crippen molar-refractivity contribution in [1.29, 1.82) is 0 Å². The van der Waals surface area contributed by atoms with E-state index >= 15 is 0 Å². The molecule has 2 amide bonds. The van der Waals surface area contributed by atoms with Gasteiger partial charge in [-0.05, 0) is 47.2 Å². The van der Waals surface area contributed by atoms with Gasteiger partial charge in [0.1, 0.15) is 0 Å². The van der Waals surface area contributed by atoms with E-state index in [1.54, 1.807) is 0 Å². The SMILES string of the molecule is O=C(Nc1cccc2ccccc12)C1CCN(C(=O)c2ccc3ccccc3c2)CC1. The zero-order valence-corrected chi connectivity index (χ0v) is 17.3. The van der Waals surface area contributed by atoms with Crippen molar-refractivity contribution in [2.75, 3.05) is 18.4 Å². The highest BCUT2D eigenvalue weighted by Crippen LogP contribution is 2.26. The van der Waals surface area contributed by atoms with Crippen molar-refractivity contribution in [3.8, 4) is 0 Å². The lowest BCUT2D eigenvalue weighted by Gasteiger charge is -2.31. The molecule has 4 aromatic rings. The number of amides is 2. The van der Waals surface area contributed by atoms with Crippen molar-refractivity contribution >= 4 is 39.0 Å². The van der Waals surface area contributed by atoms with Crippen molar-refractivity contribution in [3.63, 3.8) is 0 Å². The molecular weight excluding hydrogens is 384 g/mol. The van der Waals surface area contributed by atoms with Crippen LogP contribution in [0.25, 0.3) is 21.5 Å². The predicted octanol–water partition coefficient (Wildman–Crippen LogP) is 5.48. The topological polar surface area (TPSA) is 49.4 Å². The molecule has 1 aliphatic rings. The van der Waals surface area contributed by atoms with Crippen LogP contribution >= 0.6 is 0 Å². The van der Waals surface area contributed by atoms with Crippen LogP contribution in [0.3, 0.4) is 0 Å². The van der Waals surface area contributed by atoms with Crippen LogP contribution in [-0.2, 0) is 4.79 Å². The van der Waals surface area contributed by atoms with E-state index in [-0.39, 0.29) is 17.7 Å². The van der Waals surface area contributed by atoms with Crippen molar-refractivity contribution < 1.29 is 9.59 Å². The quantitative estimate of drug-likeness (QED) is 0.488. The number of likely N-dealkylation sites (tertiary alicyclic amines) is 1. The molecule has 0 saturated carbocycles. The van der Waals surface area contributed by atoms with Gasteiger partial charge in [-0.3, -0.25) is 9.59 Å². The molecule has 31 heavy (non-hydrogen) atoms. The first-order valence-electron chi connectivity index (χ1n) is 10.8. The molecule has 1 fully saturated rings. The van der Waals surface area contributed by atoms with Gasteiger partial charge in [-0.1, -0.05) is 66.7 Å². The Morgan fingerprint density at radius 3 is 2.23 bits per heavy atom. The molecule has 1 N–H and O–H groups in total. The molecule has 0 unspecified atom stereocenters. The lowest BCUT2D eigenvalue weighted by atomic mass is 9.95. The second-order valence-corrected chi connectivity index (χ2v) is 8.14. The van der Waals surface area contributed by atoms with Crippen LogP contribution in [0.5, 0.6) is 0 Å². The number of nitrogens with one attached hydrogen (secondary N) is 1. The van der Waals surface area contributed by atoms with Gasteiger partial charge >= 0.3 is 0 Å². The summed E-state index contributed by atoms with van der Waals surface area (Å²) in [6.45, 7) is 1.19. The van der Waals surface area contributed by atoms with Crippen molar-refractivity contribution in [1.82, 2.24) is 4.90 Å². The van der Waals surface area contributed by atoms with E-state index in [0.29, 0.717) is 31.5 Å². The number of anilines is 1. The summed E-state index contributed by atoms with van der Waals surface area (Å²) in [5.41, 5.74) is 1.55. The lowest BCUT2D eigenvalue weighted by molar-refractivity contribution is -0.121. The molecule has 1 aliphatic heterocycles. The minimum absolute atomic E-state index is 0.0363. The largest absolute Gasteiger partial charge is 0.339 e. The van der Waals surface area contributed by atoms with Gasteiger partial charge in [0.05, 0.1) is 0 Å². The molecule has 0 bridgehead atoms. The molecule has 1 heterocycles. The molecule has 4 nitrogen and oxygen atoms in total. The summed E-state index contributed by atoms with van der Waals surface area (Å²) in [5, 5.41) is 7.45. The van der Waals surface area contributed by atoms with E-state index in [9.17, 15) is 9.59 Å². The summed E-state index contributed by atoms with van der Waals surface area (Å²) in [7, 11) is 0. The first-order chi connectivity index (χ1) is 15.2. The van der Waals surface area contributed by atoms with Gasteiger partial charge < -0.3 is 10.2 Å². The average molecular weight is 409 g/mol. The second-order valence-electron chi connectivity index (χ2n) is 8.14. The zero-order valence-electron chi connectivity index (χ0n) is 17.3. The van der Waals surface area contributed by atoms with Crippen LogP contribution in [0, 0.1) is 5.92 Å². The maximum absolute atomic E-state index is 13.0. The first-order valence-corrected chi connectivity index (χ1v) is 10.8. The van der Waals surface area contributed by atoms with E-state index in [0.717, 1.165) is 27.2 Å². The third kappa shape index (κ3) is 3.89. The Balaban J connectivity index is 1.24. The molecule has 0 atom stereocenters. The number of carbonyl (C=O) groups is 2. The van der Waals surface area contributed by atoms with E-state index in [1.165, 1.54) is 0 Å². The van der Waals surface area contributed by atoms with Gasteiger partial charge in [-0.15, -0.1) is 0 Å². The minimum Gasteiger partial charge on any atom is -0.339 e. The van der Waals surface area contributed by atoms with Crippen LogP contribution < -0.4 is 5.32 Å². The van der Waals surface area contributed by atoms with Gasteiger partial charge in [0.25, 0.3) is 5.91 Å². The van der Waals surface area contributed by atoms with Gasteiger partial charge in [-0.2, -0.15) is 0 Å².